The summed E-state index contributed by atoms with van der Waals surface area (Å²) in [7, 11) is 0. The minimum absolute atomic E-state index is 0.195. The van der Waals surface area contributed by atoms with E-state index in [1.807, 2.05) is 38.1 Å². The molecule has 0 aliphatic carbocycles. The van der Waals surface area contributed by atoms with E-state index in [-0.39, 0.29) is 11.1 Å². The first kappa shape index (κ1) is 19.8. The van der Waals surface area contributed by atoms with Crippen LogP contribution in [-0.4, -0.2) is 6.61 Å². The zero-order valence-corrected chi connectivity index (χ0v) is 16.2. The van der Waals surface area contributed by atoms with Gasteiger partial charge < -0.3 is 4.74 Å². The van der Waals surface area contributed by atoms with Crippen molar-refractivity contribution in [1.82, 2.24) is 0 Å². The SMILES string of the molecule is C/C=C/CCc1ccc2cc(C(F)=C(F)c3ccc(OCC)cc3)ccc2c1. The summed E-state index contributed by atoms with van der Waals surface area (Å²) in [6, 6.07) is 17.6. The van der Waals surface area contributed by atoms with Gasteiger partial charge in [0.2, 0.25) is 0 Å². The molecule has 0 radical (unpaired) electrons. The molecule has 0 N–H and O–H groups in total. The molecule has 0 heterocycles. The van der Waals surface area contributed by atoms with Crippen LogP contribution in [0, 0.1) is 0 Å². The molecule has 3 rings (SSSR count). The molecule has 0 unspecified atom stereocenters. The number of halogens is 2. The van der Waals surface area contributed by atoms with E-state index >= 15 is 0 Å². The fourth-order valence-electron chi connectivity index (χ4n) is 3.12. The van der Waals surface area contributed by atoms with Gasteiger partial charge in [0.15, 0.2) is 11.7 Å². The number of ether oxygens (including phenoxy) is 1. The molecule has 0 amide bonds. The summed E-state index contributed by atoms with van der Waals surface area (Å²) in [5.41, 5.74) is 1.66. The molecule has 3 heteroatoms. The molecule has 0 aromatic heterocycles. The van der Waals surface area contributed by atoms with E-state index in [2.05, 4.69) is 12.1 Å². The van der Waals surface area contributed by atoms with Gasteiger partial charge in [0.1, 0.15) is 5.75 Å². The Labute approximate surface area is 165 Å². The third-order valence-corrected chi connectivity index (χ3v) is 4.60. The van der Waals surface area contributed by atoms with Crippen LogP contribution in [-0.2, 0) is 6.42 Å². The monoisotopic (exact) mass is 378 g/mol. The van der Waals surface area contributed by atoms with Crippen LogP contribution in [0.1, 0.15) is 37.0 Å². The Bertz CT molecular complexity index is 1000. The van der Waals surface area contributed by atoms with Gasteiger partial charge in [-0.1, -0.05) is 42.5 Å². The number of rotatable bonds is 7. The van der Waals surface area contributed by atoms with Crippen molar-refractivity contribution in [2.24, 2.45) is 0 Å². The van der Waals surface area contributed by atoms with Crippen molar-refractivity contribution in [3.05, 3.63) is 89.5 Å². The second-order valence-electron chi connectivity index (χ2n) is 6.59. The van der Waals surface area contributed by atoms with Crippen LogP contribution in [0.15, 0.2) is 72.8 Å². The van der Waals surface area contributed by atoms with Gasteiger partial charge in [0, 0.05) is 11.1 Å². The van der Waals surface area contributed by atoms with Crippen LogP contribution < -0.4 is 4.74 Å². The van der Waals surface area contributed by atoms with Crippen molar-refractivity contribution in [2.45, 2.75) is 26.7 Å². The Morgan fingerprint density at radius 1 is 0.857 bits per heavy atom. The number of hydrogen-bond donors (Lipinski definition) is 0. The van der Waals surface area contributed by atoms with Crippen molar-refractivity contribution in [3.8, 4) is 5.75 Å². The highest BCUT2D eigenvalue weighted by atomic mass is 19.2. The quantitative estimate of drug-likeness (QED) is 0.305. The second-order valence-corrected chi connectivity index (χ2v) is 6.59. The molecular formula is C25H24F2O. The maximum absolute atomic E-state index is 14.7. The van der Waals surface area contributed by atoms with Crippen molar-refractivity contribution in [3.63, 3.8) is 0 Å². The molecular weight excluding hydrogens is 354 g/mol. The summed E-state index contributed by atoms with van der Waals surface area (Å²) < 4.78 is 34.7. The zero-order valence-electron chi connectivity index (χ0n) is 16.2. The molecule has 0 spiro atoms. The van der Waals surface area contributed by atoms with E-state index < -0.39 is 11.7 Å². The lowest BCUT2D eigenvalue weighted by Crippen LogP contribution is -1.91. The van der Waals surface area contributed by atoms with Crippen LogP contribution in [0.25, 0.3) is 22.4 Å². The maximum atomic E-state index is 14.7. The largest absolute Gasteiger partial charge is 0.494 e. The predicted molar refractivity (Wildman–Crippen MR) is 114 cm³/mol. The Hall–Kier alpha value is -2.94. The van der Waals surface area contributed by atoms with Crippen LogP contribution >= 0.6 is 0 Å². The molecule has 28 heavy (non-hydrogen) atoms. The van der Waals surface area contributed by atoms with Crippen molar-refractivity contribution < 1.29 is 13.5 Å². The molecule has 144 valence electrons. The molecule has 0 aliphatic rings. The van der Waals surface area contributed by atoms with E-state index in [1.165, 1.54) is 17.7 Å². The zero-order chi connectivity index (χ0) is 19.9. The Morgan fingerprint density at radius 2 is 1.50 bits per heavy atom. The Kier molecular flexibility index (Phi) is 6.59. The Morgan fingerprint density at radius 3 is 2.21 bits per heavy atom. The Balaban J connectivity index is 1.86. The van der Waals surface area contributed by atoms with Gasteiger partial charge in [0.25, 0.3) is 0 Å². The lowest BCUT2D eigenvalue weighted by atomic mass is 10.0. The van der Waals surface area contributed by atoms with Gasteiger partial charge in [-0.2, -0.15) is 0 Å². The van der Waals surface area contributed by atoms with Crippen LogP contribution in [0.4, 0.5) is 8.78 Å². The first-order valence-corrected chi connectivity index (χ1v) is 9.55. The van der Waals surface area contributed by atoms with Gasteiger partial charge in [0.05, 0.1) is 6.61 Å². The van der Waals surface area contributed by atoms with Gasteiger partial charge in [-0.05, 0) is 73.4 Å². The third-order valence-electron chi connectivity index (χ3n) is 4.60. The molecule has 0 aliphatic heterocycles. The predicted octanol–water partition coefficient (Wildman–Crippen LogP) is 7.51. The average molecular weight is 378 g/mol. The summed E-state index contributed by atoms with van der Waals surface area (Å²) >= 11 is 0. The smallest absolute Gasteiger partial charge is 0.166 e. The average Bonchev–Trinajstić information content (AvgIpc) is 2.73. The van der Waals surface area contributed by atoms with Gasteiger partial charge in [-0.3, -0.25) is 0 Å². The topological polar surface area (TPSA) is 9.23 Å². The summed E-state index contributed by atoms with van der Waals surface area (Å²) in [6.45, 7) is 4.41. The lowest BCUT2D eigenvalue weighted by Gasteiger charge is -2.07. The lowest BCUT2D eigenvalue weighted by molar-refractivity contribution is 0.340. The van der Waals surface area contributed by atoms with Crippen molar-refractivity contribution in [1.29, 1.82) is 0 Å². The summed E-state index contributed by atoms with van der Waals surface area (Å²) in [5, 5.41) is 1.91. The van der Waals surface area contributed by atoms with E-state index in [9.17, 15) is 8.78 Å². The summed E-state index contributed by atoms with van der Waals surface area (Å²) in [6.07, 6.45) is 6.13. The summed E-state index contributed by atoms with van der Waals surface area (Å²) in [4.78, 5) is 0. The molecule has 0 bridgehead atoms. The molecule has 3 aromatic rings. The van der Waals surface area contributed by atoms with E-state index in [0.717, 1.165) is 23.6 Å². The first-order chi connectivity index (χ1) is 13.6. The number of fused-ring (bicyclic) bond motifs is 1. The van der Waals surface area contributed by atoms with E-state index in [0.29, 0.717) is 12.4 Å². The molecule has 0 saturated carbocycles. The molecule has 3 aromatic carbocycles. The minimum atomic E-state index is -0.870. The number of hydrogen-bond acceptors (Lipinski definition) is 1. The van der Waals surface area contributed by atoms with Gasteiger partial charge >= 0.3 is 0 Å². The number of aryl methyl sites for hydroxylation is 1. The van der Waals surface area contributed by atoms with Crippen molar-refractivity contribution in [2.75, 3.05) is 6.61 Å². The molecule has 0 fully saturated rings. The van der Waals surface area contributed by atoms with E-state index in [1.54, 1.807) is 24.3 Å². The summed E-state index contributed by atoms with van der Waals surface area (Å²) in [5.74, 6) is -1.09. The third kappa shape index (κ3) is 4.66. The van der Waals surface area contributed by atoms with Gasteiger partial charge in [-0.15, -0.1) is 0 Å². The standard InChI is InChI=1S/C25H24F2O/c1-3-5-6-7-18-8-9-21-17-22(11-10-20(21)16-18)25(27)24(26)19-12-14-23(15-13-19)28-4-2/h3,5,8-17H,4,6-7H2,1-2H3/b5-3+,25-24?. The minimum Gasteiger partial charge on any atom is -0.494 e. The fraction of sp³-hybridized carbons (Fsp3) is 0.200. The van der Waals surface area contributed by atoms with Crippen LogP contribution in [0.3, 0.4) is 0 Å². The highest BCUT2D eigenvalue weighted by Gasteiger charge is 2.12. The highest BCUT2D eigenvalue weighted by molar-refractivity contribution is 5.90. The fourth-order valence-corrected chi connectivity index (χ4v) is 3.12. The van der Waals surface area contributed by atoms with Gasteiger partial charge in [-0.25, -0.2) is 8.78 Å². The number of benzene rings is 3. The number of allylic oxidation sites excluding steroid dienone is 2. The normalized spacial score (nSPS) is 12.4. The maximum Gasteiger partial charge on any atom is 0.166 e. The molecule has 1 nitrogen and oxygen atoms in total. The molecule has 0 atom stereocenters. The van der Waals surface area contributed by atoms with Crippen molar-refractivity contribution >= 4 is 22.4 Å². The van der Waals surface area contributed by atoms with Crippen LogP contribution in [0.5, 0.6) is 5.75 Å². The van der Waals surface area contributed by atoms with E-state index in [4.69, 9.17) is 4.74 Å². The molecule has 0 saturated heterocycles. The first-order valence-electron chi connectivity index (χ1n) is 9.55. The van der Waals surface area contributed by atoms with Crippen LogP contribution in [0.2, 0.25) is 0 Å². The highest BCUT2D eigenvalue weighted by Crippen LogP contribution is 2.31. The second kappa shape index (κ2) is 9.32.